The van der Waals surface area contributed by atoms with Crippen LogP contribution in [0.5, 0.6) is 0 Å². The third-order valence-corrected chi connectivity index (χ3v) is 4.09. The number of rotatable bonds is 7. The molecule has 0 fully saturated rings. The van der Waals surface area contributed by atoms with E-state index < -0.39 is 0 Å². The van der Waals surface area contributed by atoms with Crippen LogP contribution in [-0.4, -0.2) is 41.1 Å². The van der Waals surface area contributed by atoms with E-state index >= 15 is 0 Å². The molecule has 0 unspecified atom stereocenters. The summed E-state index contributed by atoms with van der Waals surface area (Å²) in [5.41, 5.74) is 2.26. The van der Waals surface area contributed by atoms with E-state index in [1.54, 1.807) is 47.3 Å². The van der Waals surface area contributed by atoms with Gasteiger partial charge in [-0.05, 0) is 25.1 Å². The Morgan fingerprint density at radius 1 is 1.19 bits per heavy atom. The zero-order valence-electron chi connectivity index (χ0n) is 15.4. The number of aromatic nitrogens is 2. The molecule has 7 heteroatoms. The fourth-order valence-corrected chi connectivity index (χ4v) is 2.78. The van der Waals surface area contributed by atoms with Crippen molar-refractivity contribution in [1.82, 2.24) is 14.9 Å². The molecular weight excluding hydrogens is 344 g/mol. The van der Waals surface area contributed by atoms with Gasteiger partial charge in [-0.2, -0.15) is 0 Å². The Hall–Kier alpha value is -3.19. The lowest BCUT2D eigenvalue weighted by molar-refractivity contribution is 0.0923. The minimum atomic E-state index is -0.226. The van der Waals surface area contributed by atoms with E-state index in [0.29, 0.717) is 47.6 Å². The summed E-state index contributed by atoms with van der Waals surface area (Å²) in [4.78, 5) is 29.2. The summed E-state index contributed by atoms with van der Waals surface area (Å²) in [6.07, 6.45) is 3.32. The van der Waals surface area contributed by atoms with Crippen LogP contribution in [0.1, 0.15) is 27.6 Å². The Balaban J connectivity index is 1.81. The number of anilines is 1. The van der Waals surface area contributed by atoms with Gasteiger partial charge in [-0.3, -0.25) is 9.59 Å². The minimum absolute atomic E-state index is 0.200. The van der Waals surface area contributed by atoms with Gasteiger partial charge in [0.1, 0.15) is 5.65 Å². The molecule has 1 aromatic carbocycles. The third-order valence-electron chi connectivity index (χ3n) is 4.09. The van der Waals surface area contributed by atoms with Gasteiger partial charge in [-0.1, -0.05) is 18.2 Å². The van der Waals surface area contributed by atoms with E-state index in [2.05, 4.69) is 15.6 Å². The van der Waals surface area contributed by atoms with Gasteiger partial charge in [0, 0.05) is 37.3 Å². The number of ether oxygens (including phenoxy) is 1. The Bertz CT molecular complexity index is 951. The molecule has 140 valence electrons. The van der Waals surface area contributed by atoms with E-state index in [1.165, 1.54) is 0 Å². The number of hydrogen-bond donors (Lipinski definition) is 2. The molecule has 0 radical (unpaired) electrons. The van der Waals surface area contributed by atoms with Crippen molar-refractivity contribution in [1.29, 1.82) is 0 Å². The fourth-order valence-electron chi connectivity index (χ4n) is 2.78. The molecule has 0 spiro atoms. The van der Waals surface area contributed by atoms with Gasteiger partial charge in [0.15, 0.2) is 0 Å². The van der Waals surface area contributed by atoms with E-state index in [9.17, 15) is 9.59 Å². The maximum Gasteiger partial charge on any atom is 0.255 e. The van der Waals surface area contributed by atoms with Gasteiger partial charge >= 0.3 is 0 Å². The second-order valence-electron chi connectivity index (χ2n) is 6.02. The molecule has 0 saturated heterocycles. The first kappa shape index (κ1) is 18.6. The molecule has 2 heterocycles. The van der Waals surface area contributed by atoms with Crippen molar-refractivity contribution in [2.75, 3.05) is 25.1 Å². The molecule has 0 aliphatic carbocycles. The zero-order valence-corrected chi connectivity index (χ0v) is 15.4. The monoisotopic (exact) mass is 366 g/mol. The second kappa shape index (κ2) is 8.46. The number of aryl methyl sites for hydroxylation is 1. The molecule has 2 amide bonds. The number of carbonyl (C=O) groups excluding carboxylic acids is 2. The summed E-state index contributed by atoms with van der Waals surface area (Å²) in [7, 11) is 1.83. The molecule has 2 aromatic heterocycles. The molecule has 0 atom stereocenters. The summed E-state index contributed by atoms with van der Waals surface area (Å²) in [6, 6.07) is 10.7. The number of fused-ring (bicyclic) bond motifs is 1. The molecular formula is C20H22N4O3. The minimum Gasteiger partial charge on any atom is -0.380 e. The van der Waals surface area contributed by atoms with Gasteiger partial charge in [0.2, 0.25) is 0 Å². The van der Waals surface area contributed by atoms with Crippen molar-refractivity contribution >= 4 is 28.5 Å². The van der Waals surface area contributed by atoms with E-state index in [4.69, 9.17) is 4.74 Å². The van der Waals surface area contributed by atoms with Crippen LogP contribution in [0.2, 0.25) is 0 Å². The summed E-state index contributed by atoms with van der Waals surface area (Å²) in [5.74, 6) is -0.427. The molecule has 0 saturated carbocycles. The molecule has 3 rings (SSSR count). The number of benzene rings is 1. The zero-order chi connectivity index (χ0) is 19.2. The Morgan fingerprint density at radius 2 is 1.96 bits per heavy atom. The number of amides is 2. The SMILES string of the molecule is CCOCCNC(=O)c1cn(C)c2ncc(NC(=O)c3ccccc3)cc12. The Labute approximate surface area is 157 Å². The van der Waals surface area contributed by atoms with Crippen molar-refractivity contribution in [2.24, 2.45) is 7.05 Å². The van der Waals surface area contributed by atoms with Crippen LogP contribution in [0.25, 0.3) is 11.0 Å². The standard InChI is InChI=1S/C20H22N4O3/c1-3-27-10-9-21-20(26)17-13-24(2)18-16(17)11-15(12-22-18)23-19(25)14-7-5-4-6-8-14/h4-8,11-13H,3,9-10H2,1-2H3,(H,21,26)(H,23,25). The third kappa shape index (κ3) is 4.32. The summed E-state index contributed by atoms with van der Waals surface area (Å²) >= 11 is 0. The highest BCUT2D eigenvalue weighted by Crippen LogP contribution is 2.22. The largest absolute Gasteiger partial charge is 0.380 e. The number of carbonyl (C=O) groups is 2. The second-order valence-corrected chi connectivity index (χ2v) is 6.02. The first-order valence-electron chi connectivity index (χ1n) is 8.77. The average molecular weight is 366 g/mol. The Morgan fingerprint density at radius 3 is 2.70 bits per heavy atom. The lowest BCUT2D eigenvalue weighted by Crippen LogP contribution is -2.27. The smallest absolute Gasteiger partial charge is 0.255 e. The van der Waals surface area contributed by atoms with Gasteiger partial charge < -0.3 is 19.9 Å². The van der Waals surface area contributed by atoms with Gasteiger partial charge in [0.25, 0.3) is 11.8 Å². The highest BCUT2D eigenvalue weighted by atomic mass is 16.5. The van der Waals surface area contributed by atoms with E-state index in [1.807, 2.05) is 20.0 Å². The fraction of sp³-hybridized carbons (Fsp3) is 0.250. The molecule has 0 aliphatic heterocycles. The number of pyridine rings is 1. The molecule has 27 heavy (non-hydrogen) atoms. The first-order chi connectivity index (χ1) is 13.1. The predicted molar refractivity (Wildman–Crippen MR) is 104 cm³/mol. The van der Waals surface area contributed by atoms with Crippen molar-refractivity contribution < 1.29 is 14.3 Å². The lowest BCUT2D eigenvalue weighted by Gasteiger charge is -2.07. The molecule has 0 aliphatic rings. The van der Waals surface area contributed by atoms with Crippen molar-refractivity contribution in [3.8, 4) is 0 Å². The maximum atomic E-state index is 12.5. The molecule has 7 nitrogen and oxygen atoms in total. The highest BCUT2D eigenvalue weighted by Gasteiger charge is 2.16. The summed E-state index contributed by atoms with van der Waals surface area (Å²) in [6.45, 7) is 3.41. The number of hydrogen-bond acceptors (Lipinski definition) is 4. The summed E-state index contributed by atoms with van der Waals surface area (Å²) < 4.78 is 7.02. The average Bonchev–Trinajstić information content (AvgIpc) is 3.02. The van der Waals surface area contributed by atoms with Crippen LogP contribution in [0.15, 0.2) is 48.8 Å². The quantitative estimate of drug-likeness (QED) is 0.630. The first-order valence-corrected chi connectivity index (χ1v) is 8.77. The predicted octanol–water partition coefficient (Wildman–Crippen LogP) is 2.59. The number of nitrogens with zero attached hydrogens (tertiary/aromatic N) is 2. The molecule has 2 N–H and O–H groups in total. The molecule has 0 bridgehead atoms. The van der Waals surface area contributed by atoms with Crippen molar-refractivity contribution in [3.05, 3.63) is 59.9 Å². The van der Waals surface area contributed by atoms with Crippen LogP contribution in [0.4, 0.5) is 5.69 Å². The normalized spacial score (nSPS) is 10.7. The van der Waals surface area contributed by atoms with Gasteiger partial charge in [-0.25, -0.2) is 4.98 Å². The Kier molecular flexibility index (Phi) is 5.83. The van der Waals surface area contributed by atoms with Crippen LogP contribution in [-0.2, 0) is 11.8 Å². The van der Waals surface area contributed by atoms with Crippen LogP contribution in [0.3, 0.4) is 0 Å². The van der Waals surface area contributed by atoms with Gasteiger partial charge in [-0.15, -0.1) is 0 Å². The highest BCUT2D eigenvalue weighted by molar-refractivity contribution is 6.08. The van der Waals surface area contributed by atoms with Crippen LogP contribution < -0.4 is 10.6 Å². The summed E-state index contributed by atoms with van der Waals surface area (Å²) in [5, 5.41) is 6.33. The number of nitrogens with one attached hydrogen (secondary N) is 2. The topological polar surface area (TPSA) is 85.2 Å². The maximum absolute atomic E-state index is 12.5. The lowest BCUT2D eigenvalue weighted by atomic mass is 10.2. The van der Waals surface area contributed by atoms with Gasteiger partial charge in [0.05, 0.1) is 24.1 Å². The van der Waals surface area contributed by atoms with E-state index in [-0.39, 0.29) is 11.8 Å². The van der Waals surface area contributed by atoms with Crippen molar-refractivity contribution in [3.63, 3.8) is 0 Å². The van der Waals surface area contributed by atoms with Crippen LogP contribution >= 0.6 is 0 Å². The van der Waals surface area contributed by atoms with Crippen LogP contribution in [0, 0.1) is 0 Å². The van der Waals surface area contributed by atoms with E-state index in [0.717, 1.165) is 0 Å². The molecule has 3 aromatic rings. The van der Waals surface area contributed by atoms with Crippen molar-refractivity contribution in [2.45, 2.75) is 6.92 Å².